The van der Waals surface area contributed by atoms with Crippen LogP contribution in [-0.2, 0) is 16.1 Å². The summed E-state index contributed by atoms with van der Waals surface area (Å²) in [7, 11) is 1.66. The average molecular weight is 480 g/mol. The maximum Gasteiger partial charge on any atom is 0.253 e. The molecule has 0 aromatic heterocycles. The number of benzene rings is 2. The lowest BCUT2D eigenvalue weighted by atomic mass is 9.84. The highest BCUT2D eigenvalue weighted by atomic mass is 16.5. The molecule has 8 nitrogen and oxygen atoms in total. The molecule has 1 aliphatic heterocycles. The van der Waals surface area contributed by atoms with Crippen molar-refractivity contribution in [2.45, 2.75) is 58.2 Å². The van der Waals surface area contributed by atoms with E-state index < -0.39 is 5.54 Å². The first kappa shape index (κ1) is 26.2. The molecule has 2 aromatic rings. The maximum atomic E-state index is 13.3. The van der Waals surface area contributed by atoms with Gasteiger partial charge in [0, 0.05) is 19.4 Å². The van der Waals surface area contributed by atoms with E-state index in [0.29, 0.717) is 17.9 Å². The van der Waals surface area contributed by atoms with Gasteiger partial charge in [-0.25, -0.2) is 4.99 Å². The van der Waals surface area contributed by atoms with Crippen LogP contribution in [0.3, 0.4) is 0 Å². The minimum atomic E-state index is -0.515. The quantitative estimate of drug-likeness (QED) is 0.355. The van der Waals surface area contributed by atoms with E-state index in [4.69, 9.17) is 16.2 Å². The number of nitrogen functional groups attached to an aromatic ring is 1. The molecule has 188 valence electrons. The van der Waals surface area contributed by atoms with Crippen LogP contribution >= 0.6 is 0 Å². The van der Waals surface area contributed by atoms with E-state index in [2.05, 4.69) is 10.3 Å². The molecule has 0 bridgehead atoms. The van der Waals surface area contributed by atoms with Gasteiger partial charge in [-0.15, -0.1) is 0 Å². The molecule has 0 unspecified atom stereocenters. The van der Waals surface area contributed by atoms with E-state index in [1.165, 1.54) is 4.90 Å². The van der Waals surface area contributed by atoms with E-state index in [0.717, 1.165) is 24.0 Å². The highest BCUT2D eigenvalue weighted by Crippen LogP contribution is 2.30. The number of hydrogen-bond acceptors (Lipinski definition) is 6. The normalized spacial score (nSPS) is 18.9. The van der Waals surface area contributed by atoms with Crippen molar-refractivity contribution in [1.29, 1.82) is 0 Å². The topological polar surface area (TPSA) is 123 Å². The van der Waals surface area contributed by atoms with E-state index >= 15 is 0 Å². The summed E-state index contributed by atoms with van der Waals surface area (Å²) in [5, 5.41) is 3.12. The van der Waals surface area contributed by atoms with Crippen molar-refractivity contribution in [3.05, 3.63) is 65.2 Å². The highest BCUT2D eigenvalue weighted by molar-refractivity contribution is 6.00. The summed E-state index contributed by atoms with van der Waals surface area (Å²) in [6, 6.07) is 14.9. The molecule has 2 atom stereocenters. The Bertz CT molecular complexity index is 1070. The molecule has 0 fully saturated rings. The fraction of sp³-hybridized carbons (Fsp3) is 0.444. The third kappa shape index (κ3) is 6.39. The lowest BCUT2D eigenvalue weighted by Crippen LogP contribution is -2.51. The Labute approximate surface area is 207 Å². The fourth-order valence-corrected chi connectivity index (χ4v) is 4.15. The number of aliphatic imine (C=N–C) groups is 1. The van der Waals surface area contributed by atoms with E-state index in [9.17, 15) is 9.59 Å². The number of rotatable bonds is 10. The zero-order valence-electron chi connectivity index (χ0n) is 21.1. The molecule has 0 aliphatic carbocycles. The van der Waals surface area contributed by atoms with Gasteiger partial charge in [-0.3, -0.25) is 14.5 Å². The van der Waals surface area contributed by atoms with Crippen LogP contribution < -0.4 is 16.8 Å². The Morgan fingerprint density at radius 1 is 1.20 bits per heavy atom. The second kappa shape index (κ2) is 11.4. The first-order valence-corrected chi connectivity index (χ1v) is 12.0. The largest absolute Gasteiger partial charge is 0.398 e. The molecule has 3 rings (SSSR count). The van der Waals surface area contributed by atoms with Gasteiger partial charge in [-0.2, -0.15) is 0 Å². The van der Waals surface area contributed by atoms with Crippen molar-refractivity contribution in [1.82, 2.24) is 10.2 Å². The van der Waals surface area contributed by atoms with Crippen molar-refractivity contribution in [3.63, 3.8) is 0 Å². The molecule has 2 amide bonds. The molecule has 1 aliphatic rings. The smallest absolute Gasteiger partial charge is 0.253 e. The van der Waals surface area contributed by atoms with Crippen LogP contribution in [-0.4, -0.2) is 41.9 Å². The van der Waals surface area contributed by atoms with Crippen molar-refractivity contribution in [2.75, 3.05) is 19.5 Å². The third-order valence-corrected chi connectivity index (χ3v) is 6.75. The predicted molar refractivity (Wildman–Crippen MR) is 139 cm³/mol. The molecule has 1 heterocycles. The van der Waals surface area contributed by atoms with Crippen molar-refractivity contribution in [3.8, 4) is 0 Å². The summed E-state index contributed by atoms with van der Waals surface area (Å²) in [5.74, 6) is 0.0245. The first-order valence-electron chi connectivity index (χ1n) is 12.0. The Hall–Kier alpha value is -3.39. The Morgan fingerprint density at radius 2 is 1.91 bits per heavy atom. The molecule has 0 saturated heterocycles. The SMILES string of the molecule is COCCC[C@H](NC(=O)c1cc(CN2C(=O)C[C@@](C)(C(C)C)N=C2N)ccc1N)c1ccccc1. The summed E-state index contributed by atoms with van der Waals surface area (Å²) in [4.78, 5) is 32.2. The number of ether oxygens (including phenoxy) is 1. The standard InChI is InChI=1S/C27H37N5O3/c1-18(2)27(3)16-24(33)32(26(29)31-27)17-19-12-13-22(28)21(15-19)25(34)30-23(11-8-14-35-4)20-9-6-5-7-10-20/h5-7,9-10,12-13,15,18,23H,8,11,14,16-17,28H2,1-4H3,(H2,29,31)(H,30,34)/t23-,27-/m0/s1. The number of hydrogen-bond donors (Lipinski definition) is 3. The Morgan fingerprint density at radius 3 is 2.54 bits per heavy atom. The summed E-state index contributed by atoms with van der Waals surface area (Å²) >= 11 is 0. The molecule has 0 saturated carbocycles. The number of guanidine groups is 1. The van der Waals surface area contributed by atoms with Gasteiger partial charge < -0.3 is 21.5 Å². The monoisotopic (exact) mass is 479 g/mol. The number of methoxy groups -OCH3 is 1. The summed E-state index contributed by atoms with van der Waals surface area (Å²) in [6.45, 7) is 6.84. The van der Waals surface area contributed by atoms with Gasteiger partial charge >= 0.3 is 0 Å². The molecule has 0 spiro atoms. The molecule has 0 radical (unpaired) electrons. The van der Waals surface area contributed by atoms with Gasteiger partial charge in [0.05, 0.1) is 30.1 Å². The number of nitrogens with one attached hydrogen (secondary N) is 1. The predicted octanol–water partition coefficient (Wildman–Crippen LogP) is 3.63. The minimum Gasteiger partial charge on any atom is -0.398 e. The van der Waals surface area contributed by atoms with Crippen LogP contribution in [0.1, 0.15) is 67.6 Å². The third-order valence-electron chi connectivity index (χ3n) is 6.75. The van der Waals surface area contributed by atoms with Crippen LogP contribution in [0.4, 0.5) is 5.69 Å². The van der Waals surface area contributed by atoms with Crippen LogP contribution in [0.2, 0.25) is 0 Å². The maximum absolute atomic E-state index is 13.3. The van der Waals surface area contributed by atoms with Crippen molar-refractivity contribution >= 4 is 23.5 Å². The van der Waals surface area contributed by atoms with Gasteiger partial charge in [-0.05, 0) is 48.9 Å². The number of carbonyl (C=O) groups is 2. The molecular formula is C27H37N5O3. The zero-order chi connectivity index (χ0) is 25.6. The molecule has 5 N–H and O–H groups in total. The first-order chi connectivity index (χ1) is 16.6. The Balaban J connectivity index is 1.79. The highest BCUT2D eigenvalue weighted by Gasteiger charge is 2.38. The number of nitrogens with two attached hydrogens (primary N) is 2. The van der Waals surface area contributed by atoms with Crippen LogP contribution in [0.15, 0.2) is 53.5 Å². The molecule has 2 aromatic carbocycles. The number of carbonyl (C=O) groups excluding carboxylic acids is 2. The van der Waals surface area contributed by atoms with Crippen molar-refractivity contribution in [2.24, 2.45) is 16.6 Å². The van der Waals surface area contributed by atoms with E-state index in [-0.39, 0.29) is 42.7 Å². The molecule has 35 heavy (non-hydrogen) atoms. The van der Waals surface area contributed by atoms with Crippen LogP contribution in [0.5, 0.6) is 0 Å². The molecular weight excluding hydrogens is 442 g/mol. The van der Waals surface area contributed by atoms with Crippen LogP contribution in [0, 0.1) is 5.92 Å². The van der Waals surface area contributed by atoms with E-state index in [1.807, 2.05) is 51.1 Å². The van der Waals surface area contributed by atoms with Crippen molar-refractivity contribution < 1.29 is 14.3 Å². The number of nitrogens with zero attached hydrogens (tertiary/aromatic N) is 2. The summed E-state index contributed by atoms with van der Waals surface area (Å²) in [6.07, 6.45) is 1.82. The second-order valence-electron chi connectivity index (χ2n) is 9.63. The lowest BCUT2D eigenvalue weighted by Gasteiger charge is -2.37. The number of amides is 2. The fourth-order valence-electron chi connectivity index (χ4n) is 4.15. The second-order valence-corrected chi connectivity index (χ2v) is 9.63. The van der Waals surface area contributed by atoms with E-state index in [1.54, 1.807) is 25.3 Å². The van der Waals surface area contributed by atoms with Gasteiger partial charge in [-0.1, -0.05) is 50.2 Å². The average Bonchev–Trinajstić information content (AvgIpc) is 2.82. The van der Waals surface area contributed by atoms with Crippen LogP contribution in [0.25, 0.3) is 0 Å². The molecule has 8 heteroatoms. The Kier molecular flexibility index (Phi) is 8.51. The zero-order valence-corrected chi connectivity index (χ0v) is 21.1. The van der Waals surface area contributed by atoms with Gasteiger partial charge in [0.1, 0.15) is 0 Å². The van der Waals surface area contributed by atoms with Gasteiger partial charge in [0.2, 0.25) is 5.91 Å². The number of anilines is 1. The minimum absolute atomic E-state index is 0.0844. The summed E-state index contributed by atoms with van der Waals surface area (Å²) in [5.41, 5.74) is 14.3. The van der Waals surface area contributed by atoms with Gasteiger partial charge in [0.15, 0.2) is 5.96 Å². The lowest BCUT2D eigenvalue weighted by molar-refractivity contribution is -0.130. The summed E-state index contributed by atoms with van der Waals surface area (Å²) < 4.78 is 5.18. The van der Waals surface area contributed by atoms with Gasteiger partial charge in [0.25, 0.3) is 5.91 Å².